The molecule has 0 radical (unpaired) electrons. The van der Waals surface area contributed by atoms with E-state index >= 15 is 0 Å². The van der Waals surface area contributed by atoms with Crippen LogP contribution in [-0.4, -0.2) is 60.2 Å². The smallest absolute Gasteiger partial charge is 0.320 e. The predicted molar refractivity (Wildman–Crippen MR) is 106 cm³/mol. The summed E-state index contributed by atoms with van der Waals surface area (Å²) in [4.78, 5) is 25.0. The third-order valence-corrected chi connectivity index (χ3v) is 4.36. The van der Waals surface area contributed by atoms with Crippen LogP contribution < -0.4 is 16.0 Å². The van der Waals surface area contributed by atoms with Crippen LogP contribution >= 0.6 is 0 Å². The van der Waals surface area contributed by atoms with Crippen LogP contribution in [0.5, 0.6) is 0 Å². The third-order valence-electron chi connectivity index (χ3n) is 4.36. The molecule has 1 aromatic carbocycles. The number of ether oxygens (including phenoxy) is 1. The van der Waals surface area contributed by atoms with Gasteiger partial charge < -0.3 is 20.7 Å². The molecule has 144 valence electrons. The fourth-order valence-corrected chi connectivity index (χ4v) is 3.02. The van der Waals surface area contributed by atoms with Crippen molar-refractivity contribution in [3.05, 3.63) is 36.2 Å². The second-order valence-electron chi connectivity index (χ2n) is 6.47. The highest BCUT2D eigenvalue weighted by Gasteiger charge is 2.21. The van der Waals surface area contributed by atoms with Crippen molar-refractivity contribution in [3.8, 4) is 0 Å². The number of piperazine rings is 1. The summed E-state index contributed by atoms with van der Waals surface area (Å²) in [5, 5.41) is 3.30. The highest BCUT2D eigenvalue weighted by Crippen LogP contribution is 2.21. The fraction of sp³-hybridized carbons (Fsp3) is 0.421. The minimum absolute atomic E-state index is 0.168. The molecule has 1 aromatic heterocycles. The van der Waals surface area contributed by atoms with E-state index in [-0.39, 0.29) is 5.97 Å². The van der Waals surface area contributed by atoms with Crippen molar-refractivity contribution in [1.82, 2.24) is 14.9 Å². The van der Waals surface area contributed by atoms with Crippen molar-refractivity contribution in [3.63, 3.8) is 0 Å². The highest BCUT2D eigenvalue weighted by molar-refractivity contribution is 5.71. The molecule has 1 saturated heterocycles. The predicted octanol–water partition coefficient (Wildman–Crippen LogP) is 1.80. The normalized spacial score (nSPS) is 14.8. The number of nitrogens with zero attached hydrogens (tertiary/aromatic N) is 4. The SMILES string of the molecule is CCOC(=O)CN1CCN(c2cc(Nc3ccc(N)cc3)nc(C)n2)CC1. The van der Waals surface area contributed by atoms with Crippen LogP contribution in [0.25, 0.3) is 0 Å². The molecule has 3 N–H and O–H groups in total. The Kier molecular flexibility index (Phi) is 6.08. The number of aryl methyl sites for hydroxylation is 1. The molecule has 1 aliphatic rings. The molecule has 8 nitrogen and oxygen atoms in total. The second kappa shape index (κ2) is 8.68. The van der Waals surface area contributed by atoms with Gasteiger partial charge in [-0.1, -0.05) is 0 Å². The number of esters is 1. The summed E-state index contributed by atoms with van der Waals surface area (Å²) in [5.41, 5.74) is 7.38. The van der Waals surface area contributed by atoms with Crippen LogP contribution in [0.2, 0.25) is 0 Å². The minimum Gasteiger partial charge on any atom is -0.465 e. The van der Waals surface area contributed by atoms with Gasteiger partial charge in [-0.2, -0.15) is 0 Å². The van der Waals surface area contributed by atoms with E-state index in [4.69, 9.17) is 10.5 Å². The summed E-state index contributed by atoms with van der Waals surface area (Å²) in [6.07, 6.45) is 0. The summed E-state index contributed by atoms with van der Waals surface area (Å²) >= 11 is 0. The molecular formula is C19H26N6O2. The van der Waals surface area contributed by atoms with Crippen molar-refractivity contribution in [2.75, 3.05) is 55.3 Å². The number of anilines is 4. The van der Waals surface area contributed by atoms with Crippen LogP contribution in [0.4, 0.5) is 23.0 Å². The molecule has 3 rings (SSSR count). The number of nitrogens with two attached hydrogens (primary N) is 1. The van der Waals surface area contributed by atoms with Crippen LogP contribution in [-0.2, 0) is 9.53 Å². The molecule has 1 fully saturated rings. The summed E-state index contributed by atoms with van der Waals surface area (Å²) < 4.78 is 5.02. The molecule has 0 unspecified atom stereocenters. The van der Waals surface area contributed by atoms with Crippen molar-refractivity contribution >= 4 is 29.0 Å². The summed E-state index contributed by atoms with van der Waals surface area (Å²) in [7, 11) is 0. The van der Waals surface area contributed by atoms with Crippen LogP contribution in [0.15, 0.2) is 30.3 Å². The van der Waals surface area contributed by atoms with Crippen molar-refractivity contribution in [2.45, 2.75) is 13.8 Å². The fourth-order valence-electron chi connectivity index (χ4n) is 3.02. The van der Waals surface area contributed by atoms with Gasteiger partial charge in [0.1, 0.15) is 17.5 Å². The highest BCUT2D eigenvalue weighted by atomic mass is 16.5. The summed E-state index contributed by atoms with van der Waals surface area (Å²) in [5.74, 6) is 2.17. The van der Waals surface area contributed by atoms with Gasteiger partial charge in [0, 0.05) is 43.6 Å². The number of rotatable bonds is 6. The van der Waals surface area contributed by atoms with Gasteiger partial charge >= 0.3 is 5.97 Å². The Morgan fingerprint density at radius 2 is 1.89 bits per heavy atom. The van der Waals surface area contributed by atoms with E-state index in [9.17, 15) is 4.79 Å². The third kappa shape index (κ3) is 5.30. The maximum absolute atomic E-state index is 11.6. The van der Waals surface area contributed by atoms with E-state index in [0.29, 0.717) is 19.0 Å². The average Bonchev–Trinajstić information content (AvgIpc) is 2.64. The quantitative estimate of drug-likeness (QED) is 0.587. The maximum Gasteiger partial charge on any atom is 0.320 e. The van der Waals surface area contributed by atoms with Gasteiger partial charge in [0.2, 0.25) is 0 Å². The minimum atomic E-state index is -0.168. The number of nitrogens with one attached hydrogen (secondary N) is 1. The largest absolute Gasteiger partial charge is 0.465 e. The molecule has 2 heterocycles. The van der Waals surface area contributed by atoms with Gasteiger partial charge in [0.15, 0.2) is 0 Å². The lowest BCUT2D eigenvalue weighted by Gasteiger charge is -2.35. The van der Waals surface area contributed by atoms with E-state index in [1.807, 2.05) is 44.2 Å². The summed E-state index contributed by atoms with van der Waals surface area (Å²) in [6, 6.07) is 9.48. The van der Waals surface area contributed by atoms with Crippen molar-refractivity contribution in [1.29, 1.82) is 0 Å². The van der Waals surface area contributed by atoms with Crippen molar-refractivity contribution < 1.29 is 9.53 Å². The number of benzene rings is 1. The number of carbonyl (C=O) groups excluding carboxylic acids is 1. The molecule has 0 bridgehead atoms. The van der Waals surface area contributed by atoms with Gasteiger partial charge in [-0.25, -0.2) is 9.97 Å². The van der Waals surface area contributed by atoms with Crippen LogP contribution in [0, 0.1) is 6.92 Å². The number of carbonyl (C=O) groups is 1. The second-order valence-corrected chi connectivity index (χ2v) is 6.47. The zero-order valence-electron chi connectivity index (χ0n) is 15.8. The first kappa shape index (κ1) is 18.9. The van der Waals surface area contributed by atoms with Gasteiger partial charge in [0.05, 0.1) is 13.2 Å². The molecule has 0 atom stereocenters. The standard InChI is InChI=1S/C19H26N6O2/c1-3-27-19(26)13-24-8-10-25(11-9-24)18-12-17(21-14(2)22-18)23-16-6-4-15(20)5-7-16/h4-7,12H,3,8-11,13,20H2,1-2H3,(H,21,22,23). The molecule has 2 aromatic rings. The Balaban J connectivity index is 1.63. The van der Waals surface area contributed by atoms with E-state index in [0.717, 1.165) is 49.2 Å². The number of hydrogen-bond acceptors (Lipinski definition) is 8. The van der Waals surface area contributed by atoms with Crippen LogP contribution in [0.3, 0.4) is 0 Å². The van der Waals surface area contributed by atoms with Crippen molar-refractivity contribution in [2.24, 2.45) is 0 Å². The van der Waals surface area contributed by atoms with E-state index in [2.05, 4.69) is 25.1 Å². The van der Waals surface area contributed by atoms with E-state index < -0.39 is 0 Å². The van der Waals surface area contributed by atoms with Crippen LogP contribution in [0.1, 0.15) is 12.7 Å². The first-order valence-corrected chi connectivity index (χ1v) is 9.14. The Hall–Kier alpha value is -2.87. The average molecular weight is 370 g/mol. The topological polar surface area (TPSA) is 96.6 Å². The maximum atomic E-state index is 11.6. The number of nitrogen functional groups attached to an aromatic ring is 1. The molecule has 0 amide bonds. The zero-order valence-corrected chi connectivity index (χ0v) is 15.8. The molecule has 8 heteroatoms. The first-order chi connectivity index (χ1) is 13.0. The van der Waals surface area contributed by atoms with Gasteiger partial charge in [-0.15, -0.1) is 0 Å². The van der Waals surface area contributed by atoms with E-state index in [1.165, 1.54) is 0 Å². The Morgan fingerprint density at radius 3 is 2.56 bits per heavy atom. The number of hydrogen-bond donors (Lipinski definition) is 2. The van der Waals surface area contributed by atoms with Gasteiger partial charge in [-0.3, -0.25) is 9.69 Å². The molecule has 0 aliphatic carbocycles. The zero-order chi connectivity index (χ0) is 19.2. The number of aromatic nitrogens is 2. The lowest BCUT2D eigenvalue weighted by Crippen LogP contribution is -2.48. The monoisotopic (exact) mass is 370 g/mol. The molecular weight excluding hydrogens is 344 g/mol. The van der Waals surface area contributed by atoms with Gasteiger partial charge in [0.25, 0.3) is 0 Å². The first-order valence-electron chi connectivity index (χ1n) is 9.14. The molecule has 0 saturated carbocycles. The van der Waals surface area contributed by atoms with Gasteiger partial charge in [-0.05, 0) is 38.1 Å². The lowest BCUT2D eigenvalue weighted by molar-refractivity contribution is -0.144. The summed E-state index contributed by atoms with van der Waals surface area (Å²) in [6.45, 7) is 7.66. The molecule has 1 aliphatic heterocycles. The Morgan fingerprint density at radius 1 is 1.19 bits per heavy atom. The molecule has 0 spiro atoms. The Labute approximate surface area is 159 Å². The lowest BCUT2D eigenvalue weighted by atomic mass is 10.3. The Bertz CT molecular complexity index is 772. The van der Waals surface area contributed by atoms with E-state index in [1.54, 1.807) is 0 Å². The molecule has 27 heavy (non-hydrogen) atoms.